The van der Waals surface area contributed by atoms with Crippen LogP contribution >= 0.6 is 0 Å². The fraction of sp³-hybridized carbons (Fsp3) is 0.400. The molecule has 1 saturated carbocycles. The lowest BCUT2D eigenvalue weighted by Crippen LogP contribution is -2.37. The van der Waals surface area contributed by atoms with Gasteiger partial charge in [0.05, 0.1) is 12.7 Å². The van der Waals surface area contributed by atoms with Gasteiger partial charge < -0.3 is 4.74 Å². The van der Waals surface area contributed by atoms with Gasteiger partial charge in [-0.3, -0.25) is 9.88 Å². The lowest BCUT2D eigenvalue weighted by Gasteiger charge is -2.28. The highest BCUT2D eigenvalue weighted by molar-refractivity contribution is 5.87. The third kappa shape index (κ3) is 3.92. The molecule has 140 valence electrons. The molecule has 0 aliphatic heterocycles. The van der Waals surface area contributed by atoms with Crippen LogP contribution in [0.15, 0.2) is 42.9 Å². The van der Waals surface area contributed by atoms with Crippen molar-refractivity contribution in [3.05, 3.63) is 54.1 Å². The molecule has 7 nitrogen and oxygen atoms in total. The average Bonchev–Trinajstić information content (AvgIpc) is 3.36. The molecule has 0 radical (unpaired) electrons. The molecule has 0 saturated heterocycles. The number of hydrogen-bond donors (Lipinski definition) is 0. The Bertz CT molecular complexity index is 957. The van der Waals surface area contributed by atoms with Gasteiger partial charge in [0.2, 0.25) is 0 Å². The van der Waals surface area contributed by atoms with Crippen LogP contribution in [-0.4, -0.2) is 31.3 Å². The molecule has 7 heteroatoms. The molecule has 3 aromatic rings. The number of pyridine rings is 1. The highest BCUT2D eigenvalue weighted by Crippen LogP contribution is 2.40. The van der Waals surface area contributed by atoms with Gasteiger partial charge in [0, 0.05) is 36.1 Å². The van der Waals surface area contributed by atoms with Crippen LogP contribution in [0.3, 0.4) is 0 Å². The Hall–Kier alpha value is -2.96. The van der Waals surface area contributed by atoms with Crippen LogP contribution in [0.2, 0.25) is 0 Å². The zero-order chi connectivity index (χ0) is 19.0. The van der Waals surface area contributed by atoms with Gasteiger partial charge >= 0.3 is 6.09 Å². The number of nitrogens with zero attached hydrogens (tertiary/aromatic N) is 5. The Labute approximate surface area is 158 Å². The molecular formula is C20H23N5O2. The molecule has 0 bridgehead atoms. The van der Waals surface area contributed by atoms with Crippen LogP contribution in [0.5, 0.6) is 0 Å². The summed E-state index contributed by atoms with van der Waals surface area (Å²) in [5, 5.41) is 4.37. The summed E-state index contributed by atoms with van der Waals surface area (Å²) in [5.74, 6) is 1.12. The van der Waals surface area contributed by atoms with Crippen LogP contribution in [0, 0.1) is 0 Å². The van der Waals surface area contributed by atoms with E-state index in [1.54, 1.807) is 28.0 Å². The molecular weight excluding hydrogens is 342 g/mol. The number of aromatic nitrogens is 4. The van der Waals surface area contributed by atoms with Crippen molar-refractivity contribution in [2.24, 2.45) is 0 Å². The SMILES string of the molecule is CC(C)(C)OC(=O)N(Cc1cccnc1)c1cc(C2CC2)nc2ccnn12. The molecule has 1 aliphatic rings. The predicted octanol–water partition coefficient (Wildman–Crippen LogP) is 3.94. The predicted molar refractivity (Wildman–Crippen MR) is 102 cm³/mol. The van der Waals surface area contributed by atoms with Gasteiger partial charge in [-0.15, -0.1) is 0 Å². The Morgan fingerprint density at radius 1 is 1.30 bits per heavy atom. The number of carbonyl (C=O) groups excluding carboxylic acids is 1. The quantitative estimate of drug-likeness (QED) is 0.700. The van der Waals surface area contributed by atoms with Crippen LogP contribution in [0.1, 0.15) is 50.8 Å². The van der Waals surface area contributed by atoms with Gasteiger partial charge in [-0.1, -0.05) is 6.07 Å². The molecule has 1 aliphatic carbocycles. The molecule has 0 spiro atoms. The van der Waals surface area contributed by atoms with E-state index in [0.717, 1.165) is 29.7 Å². The highest BCUT2D eigenvalue weighted by Gasteiger charge is 2.30. The Kier molecular flexibility index (Phi) is 4.30. The Morgan fingerprint density at radius 3 is 2.78 bits per heavy atom. The highest BCUT2D eigenvalue weighted by atomic mass is 16.6. The second-order valence-corrected chi connectivity index (χ2v) is 7.84. The number of anilines is 1. The van der Waals surface area contributed by atoms with Crippen molar-refractivity contribution in [2.45, 2.75) is 51.7 Å². The first-order chi connectivity index (χ1) is 12.9. The minimum atomic E-state index is -0.597. The van der Waals surface area contributed by atoms with Gasteiger partial charge in [-0.25, -0.2) is 9.78 Å². The van der Waals surface area contributed by atoms with Gasteiger partial charge in [-0.2, -0.15) is 9.61 Å². The summed E-state index contributed by atoms with van der Waals surface area (Å²) in [6.07, 6.45) is 7.00. The fourth-order valence-electron chi connectivity index (χ4n) is 2.93. The van der Waals surface area contributed by atoms with E-state index in [9.17, 15) is 4.79 Å². The zero-order valence-electron chi connectivity index (χ0n) is 15.8. The average molecular weight is 365 g/mol. The summed E-state index contributed by atoms with van der Waals surface area (Å²) in [5.41, 5.74) is 2.04. The van der Waals surface area contributed by atoms with Crippen molar-refractivity contribution in [1.29, 1.82) is 0 Å². The topological polar surface area (TPSA) is 72.6 Å². The minimum Gasteiger partial charge on any atom is -0.443 e. The summed E-state index contributed by atoms with van der Waals surface area (Å²) in [4.78, 5) is 23.5. The van der Waals surface area contributed by atoms with E-state index < -0.39 is 11.7 Å². The first kappa shape index (κ1) is 17.5. The maximum Gasteiger partial charge on any atom is 0.416 e. The minimum absolute atomic E-state index is 0.339. The van der Waals surface area contributed by atoms with Crippen LogP contribution in [-0.2, 0) is 11.3 Å². The van der Waals surface area contributed by atoms with E-state index in [2.05, 4.69) is 10.1 Å². The summed E-state index contributed by atoms with van der Waals surface area (Å²) in [7, 11) is 0. The summed E-state index contributed by atoms with van der Waals surface area (Å²) in [6.45, 7) is 5.92. The van der Waals surface area contributed by atoms with Crippen molar-refractivity contribution < 1.29 is 9.53 Å². The fourth-order valence-corrected chi connectivity index (χ4v) is 2.93. The normalized spacial score (nSPS) is 14.3. The summed E-state index contributed by atoms with van der Waals surface area (Å²) >= 11 is 0. The molecule has 0 atom stereocenters. The second kappa shape index (κ2) is 6.64. The maximum absolute atomic E-state index is 13.0. The van der Waals surface area contributed by atoms with Crippen molar-refractivity contribution in [3.63, 3.8) is 0 Å². The van der Waals surface area contributed by atoms with Gasteiger partial charge in [0.25, 0.3) is 0 Å². The first-order valence-electron chi connectivity index (χ1n) is 9.15. The monoisotopic (exact) mass is 365 g/mol. The van der Waals surface area contributed by atoms with E-state index in [0.29, 0.717) is 18.3 Å². The third-order valence-corrected chi connectivity index (χ3v) is 4.31. The maximum atomic E-state index is 13.0. The number of ether oxygens (including phenoxy) is 1. The van der Waals surface area contributed by atoms with Crippen molar-refractivity contribution in [2.75, 3.05) is 4.90 Å². The molecule has 1 amide bonds. The molecule has 1 fully saturated rings. The molecule has 0 N–H and O–H groups in total. The summed E-state index contributed by atoms with van der Waals surface area (Å²) < 4.78 is 7.36. The molecule has 27 heavy (non-hydrogen) atoms. The number of hydrogen-bond acceptors (Lipinski definition) is 5. The van der Waals surface area contributed by atoms with Crippen LogP contribution in [0.25, 0.3) is 5.65 Å². The molecule has 3 aromatic heterocycles. The lowest BCUT2D eigenvalue weighted by atomic mass is 10.2. The zero-order valence-corrected chi connectivity index (χ0v) is 15.8. The van der Waals surface area contributed by atoms with Gasteiger partial charge in [0.1, 0.15) is 11.4 Å². The van der Waals surface area contributed by atoms with Crippen molar-refractivity contribution in [3.8, 4) is 0 Å². The number of rotatable bonds is 4. The lowest BCUT2D eigenvalue weighted by molar-refractivity contribution is 0.0575. The standard InChI is InChI=1S/C20H23N5O2/c1-20(2,3)27-19(26)24(13-14-5-4-9-21-12-14)18-11-16(15-6-7-15)23-17-8-10-22-25(17)18/h4-5,8-12,15H,6-7,13H2,1-3H3. The van der Waals surface area contributed by atoms with Crippen molar-refractivity contribution >= 4 is 17.6 Å². The smallest absolute Gasteiger partial charge is 0.416 e. The Balaban J connectivity index is 1.78. The van der Waals surface area contributed by atoms with E-state index in [1.807, 2.05) is 45.0 Å². The molecule has 3 heterocycles. The Morgan fingerprint density at radius 2 is 2.11 bits per heavy atom. The van der Waals surface area contributed by atoms with Crippen molar-refractivity contribution in [1.82, 2.24) is 19.6 Å². The number of amides is 1. The number of fused-ring (bicyclic) bond motifs is 1. The first-order valence-corrected chi connectivity index (χ1v) is 9.15. The largest absolute Gasteiger partial charge is 0.443 e. The second-order valence-electron chi connectivity index (χ2n) is 7.84. The third-order valence-electron chi connectivity index (χ3n) is 4.31. The number of carbonyl (C=O) groups is 1. The molecule has 4 rings (SSSR count). The molecule has 0 aromatic carbocycles. The summed E-state index contributed by atoms with van der Waals surface area (Å²) in [6, 6.07) is 7.60. The van der Waals surface area contributed by atoms with E-state index in [-0.39, 0.29) is 0 Å². The van der Waals surface area contributed by atoms with E-state index >= 15 is 0 Å². The molecule has 0 unspecified atom stereocenters. The van der Waals surface area contributed by atoms with Crippen LogP contribution in [0.4, 0.5) is 10.6 Å². The van der Waals surface area contributed by atoms with Gasteiger partial charge in [-0.05, 0) is 45.2 Å². The van der Waals surface area contributed by atoms with E-state index in [1.165, 1.54) is 0 Å². The van der Waals surface area contributed by atoms with Gasteiger partial charge in [0.15, 0.2) is 5.65 Å². The van der Waals surface area contributed by atoms with Crippen LogP contribution < -0.4 is 4.90 Å². The van der Waals surface area contributed by atoms with E-state index in [4.69, 9.17) is 9.72 Å².